The maximum atomic E-state index is 11.8. The smallest absolute Gasteiger partial charge is 0.138 e. The quantitative estimate of drug-likeness (QED) is 0.865. The minimum absolute atomic E-state index is 0.0498. The molecule has 0 radical (unpaired) electrons. The van der Waals surface area contributed by atoms with Crippen molar-refractivity contribution in [2.45, 2.75) is 32.2 Å². The molecule has 1 heterocycles. The number of carbonyl (C=O) groups excluding carboxylic acids is 1. The number of hydrogen-bond donors (Lipinski definition) is 1. The number of hydrogen-bond acceptors (Lipinski definition) is 3. The van der Waals surface area contributed by atoms with Crippen molar-refractivity contribution in [1.29, 1.82) is 0 Å². The molecule has 98 valence electrons. The molecule has 1 saturated heterocycles. The molecule has 18 heavy (non-hydrogen) atoms. The monoisotopic (exact) mass is 247 g/mol. The Morgan fingerprint density at radius 3 is 2.72 bits per heavy atom. The van der Waals surface area contributed by atoms with Gasteiger partial charge in [0.2, 0.25) is 0 Å². The van der Waals surface area contributed by atoms with Gasteiger partial charge in [0.15, 0.2) is 0 Å². The molecule has 1 N–H and O–H groups in total. The predicted octanol–water partition coefficient (Wildman–Crippen LogP) is 2.05. The molecule has 0 bridgehead atoms. The van der Waals surface area contributed by atoms with Crippen LogP contribution in [-0.2, 0) is 9.53 Å². The minimum Gasteiger partial charge on any atom is -0.380 e. The molecular formula is C15H21NO2. The van der Waals surface area contributed by atoms with Crippen molar-refractivity contribution in [3.63, 3.8) is 0 Å². The first kappa shape index (κ1) is 13.2. The Balaban J connectivity index is 1.99. The lowest BCUT2D eigenvalue weighted by molar-refractivity contribution is -0.118. The van der Waals surface area contributed by atoms with Crippen LogP contribution < -0.4 is 5.32 Å². The summed E-state index contributed by atoms with van der Waals surface area (Å²) in [6.07, 6.45) is 1.04. The highest BCUT2D eigenvalue weighted by Gasteiger charge is 2.20. The van der Waals surface area contributed by atoms with E-state index in [9.17, 15) is 4.79 Å². The normalized spacial score (nSPS) is 20.9. The fraction of sp³-hybridized carbons (Fsp3) is 0.533. The number of ether oxygens (including phenoxy) is 1. The maximum absolute atomic E-state index is 11.8. The van der Waals surface area contributed by atoms with E-state index >= 15 is 0 Å². The lowest BCUT2D eigenvalue weighted by Gasteiger charge is -2.18. The molecule has 1 aliphatic heterocycles. The van der Waals surface area contributed by atoms with Crippen LogP contribution in [0.1, 0.15) is 30.4 Å². The standard InChI is InChI=1S/C15H21NO2/c1-11-3-5-13(6-4-11)15(12(2)17)9-16-14-7-8-18-10-14/h3-6,14-16H,7-10H2,1-2H3/t14?,15-/m0/s1. The number of rotatable bonds is 5. The Morgan fingerprint density at radius 1 is 1.44 bits per heavy atom. The summed E-state index contributed by atoms with van der Waals surface area (Å²) >= 11 is 0. The number of aryl methyl sites for hydroxylation is 1. The SMILES string of the molecule is CC(=O)[C@H](CNC1CCOC1)c1ccc(C)cc1. The average molecular weight is 247 g/mol. The van der Waals surface area contributed by atoms with Crippen molar-refractivity contribution >= 4 is 5.78 Å². The van der Waals surface area contributed by atoms with Crippen LogP contribution in [-0.4, -0.2) is 31.6 Å². The van der Waals surface area contributed by atoms with E-state index in [0.29, 0.717) is 12.6 Å². The molecule has 2 atom stereocenters. The molecule has 3 nitrogen and oxygen atoms in total. The zero-order chi connectivity index (χ0) is 13.0. The Bertz CT molecular complexity index is 393. The van der Waals surface area contributed by atoms with Crippen LogP contribution in [0.5, 0.6) is 0 Å². The van der Waals surface area contributed by atoms with Crippen molar-refractivity contribution in [2.24, 2.45) is 0 Å². The van der Waals surface area contributed by atoms with Crippen LogP contribution in [0, 0.1) is 6.92 Å². The van der Waals surface area contributed by atoms with Crippen molar-refractivity contribution in [1.82, 2.24) is 5.32 Å². The molecule has 1 aromatic carbocycles. The second-order valence-corrected chi connectivity index (χ2v) is 5.04. The lowest BCUT2D eigenvalue weighted by atomic mass is 9.94. The van der Waals surface area contributed by atoms with Gasteiger partial charge in [0.25, 0.3) is 0 Å². The predicted molar refractivity (Wildman–Crippen MR) is 71.8 cm³/mol. The molecule has 3 heteroatoms. The van der Waals surface area contributed by atoms with Gasteiger partial charge in [-0.2, -0.15) is 0 Å². The fourth-order valence-electron chi connectivity index (χ4n) is 2.28. The Hall–Kier alpha value is -1.19. The van der Waals surface area contributed by atoms with E-state index in [2.05, 4.69) is 24.4 Å². The van der Waals surface area contributed by atoms with Crippen molar-refractivity contribution in [3.8, 4) is 0 Å². The molecule has 1 fully saturated rings. The van der Waals surface area contributed by atoms with Gasteiger partial charge in [-0.25, -0.2) is 0 Å². The van der Waals surface area contributed by atoms with Gasteiger partial charge in [-0.1, -0.05) is 29.8 Å². The summed E-state index contributed by atoms with van der Waals surface area (Å²) in [4.78, 5) is 11.8. The van der Waals surface area contributed by atoms with Gasteiger partial charge in [-0.3, -0.25) is 4.79 Å². The summed E-state index contributed by atoms with van der Waals surface area (Å²) in [7, 11) is 0. The van der Waals surface area contributed by atoms with E-state index in [-0.39, 0.29) is 11.7 Å². The molecule has 0 saturated carbocycles. The number of nitrogens with one attached hydrogen (secondary N) is 1. The summed E-state index contributed by atoms with van der Waals surface area (Å²) in [6, 6.07) is 8.62. The highest BCUT2D eigenvalue weighted by molar-refractivity contribution is 5.83. The minimum atomic E-state index is -0.0498. The molecule has 0 aliphatic carbocycles. The fourth-order valence-corrected chi connectivity index (χ4v) is 2.28. The molecular weight excluding hydrogens is 226 g/mol. The van der Waals surface area contributed by atoms with E-state index in [1.165, 1.54) is 5.56 Å². The van der Waals surface area contributed by atoms with Crippen LogP contribution in [0.4, 0.5) is 0 Å². The van der Waals surface area contributed by atoms with E-state index in [4.69, 9.17) is 4.74 Å². The largest absolute Gasteiger partial charge is 0.380 e. The van der Waals surface area contributed by atoms with E-state index < -0.39 is 0 Å². The first-order valence-corrected chi connectivity index (χ1v) is 6.55. The highest BCUT2D eigenvalue weighted by atomic mass is 16.5. The topological polar surface area (TPSA) is 38.3 Å². The van der Waals surface area contributed by atoms with Crippen molar-refractivity contribution in [3.05, 3.63) is 35.4 Å². The molecule has 0 spiro atoms. The first-order chi connectivity index (χ1) is 8.66. The maximum Gasteiger partial charge on any atom is 0.138 e. The van der Waals surface area contributed by atoms with E-state index in [0.717, 1.165) is 25.2 Å². The van der Waals surface area contributed by atoms with Gasteiger partial charge in [0.05, 0.1) is 12.5 Å². The summed E-state index contributed by atoms with van der Waals surface area (Å²) in [5.74, 6) is 0.163. The van der Waals surface area contributed by atoms with Gasteiger partial charge in [0, 0.05) is 19.2 Å². The second kappa shape index (κ2) is 6.12. The molecule has 0 aromatic heterocycles. The summed E-state index contributed by atoms with van der Waals surface area (Å²) in [5.41, 5.74) is 2.32. The molecule has 1 unspecified atom stereocenters. The Labute approximate surface area is 109 Å². The highest BCUT2D eigenvalue weighted by Crippen LogP contribution is 2.17. The van der Waals surface area contributed by atoms with Crippen LogP contribution in [0.2, 0.25) is 0 Å². The lowest BCUT2D eigenvalue weighted by Crippen LogP contribution is -2.34. The van der Waals surface area contributed by atoms with Gasteiger partial charge in [-0.15, -0.1) is 0 Å². The third kappa shape index (κ3) is 3.40. The Kier molecular flexibility index (Phi) is 4.50. The average Bonchev–Trinajstić information content (AvgIpc) is 2.84. The number of benzene rings is 1. The van der Waals surface area contributed by atoms with Gasteiger partial charge < -0.3 is 10.1 Å². The van der Waals surface area contributed by atoms with Crippen molar-refractivity contribution in [2.75, 3.05) is 19.8 Å². The van der Waals surface area contributed by atoms with E-state index in [1.807, 2.05) is 12.1 Å². The summed E-state index contributed by atoms with van der Waals surface area (Å²) in [5, 5.41) is 3.43. The third-order valence-electron chi connectivity index (χ3n) is 3.51. The van der Waals surface area contributed by atoms with Crippen LogP contribution >= 0.6 is 0 Å². The second-order valence-electron chi connectivity index (χ2n) is 5.04. The van der Waals surface area contributed by atoms with Gasteiger partial charge in [0.1, 0.15) is 5.78 Å². The Morgan fingerprint density at radius 2 is 2.17 bits per heavy atom. The van der Waals surface area contributed by atoms with Crippen LogP contribution in [0.3, 0.4) is 0 Å². The third-order valence-corrected chi connectivity index (χ3v) is 3.51. The summed E-state index contributed by atoms with van der Waals surface area (Å²) < 4.78 is 5.32. The summed E-state index contributed by atoms with van der Waals surface area (Å²) in [6.45, 7) is 6.01. The van der Waals surface area contributed by atoms with Gasteiger partial charge >= 0.3 is 0 Å². The van der Waals surface area contributed by atoms with E-state index in [1.54, 1.807) is 6.92 Å². The van der Waals surface area contributed by atoms with Crippen LogP contribution in [0.15, 0.2) is 24.3 Å². The van der Waals surface area contributed by atoms with Crippen LogP contribution in [0.25, 0.3) is 0 Å². The number of Topliss-reactive ketones (excluding diaryl/α,β-unsaturated/α-hetero) is 1. The zero-order valence-corrected chi connectivity index (χ0v) is 11.1. The number of carbonyl (C=O) groups is 1. The molecule has 2 rings (SSSR count). The molecule has 0 amide bonds. The van der Waals surface area contributed by atoms with Crippen molar-refractivity contribution < 1.29 is 9.53 Å². The molecule has 1 aromatic rings. The number of ketones is 1. The zero-order valence-electron chi connectivity index (χ0n) is 11.1. The molecule has 1 aliphatic rings. The first-order valence-electron chi connectivity index (χ1n) is 6.55. The van der Waals surface area contributed by atoms with Gasteiger partial charge in [-0.05, 0) is 25.8 Å².